The van der Waals surface area contributed by atoms with Crippen molar-refractivity contribution in [1.29, 1.82) is 5.26 Å². The predicted molar refractivity (Wildman–Crippen MR) is 103 cm³/mol. The minimum Gasteiger partial charge on any atom is -0.495 e. The lowest BCUT2D eigenvalue weighted by atomic mass is 10.0. The van der Waals surface area contributed by atoms with E-state index in [1.54, 1.807) is 19.2 Å². The van der Waals surface area contributed by atoms with Crippen molar-refractivity contribution >= 4 is 22.7 Å². The van der Waals surface area contributed by atoms with Crippen LogP contribution in [-0.4, -0.2) is 25.2 Å². The first kappa shape index (κ1) is 18.2. The van der Waals surface area contributed by atoms with Gasteiger partial charge in [0.1, 0.15) is 18.4 Å². The first-order valence-electron chi connectivity index (χ1n) is 8.37. The van der Waals surface area contributed by atoms with E-state index in [-0.39, 0.29) is 6.61 Å². The van der Waals surface area contributed by atoms with Crippen molar-refractivity contribution in [2.75, 3.05) is 19.1 Å². The third kappa shape index (κ3) is 3.67. The van der Waals surface area contributed by atoms with Crippen LogP contribution in [0.15, 0.2) is 48.7 Å². The third-order valence-electron chi connectivity index (χ3n) is 4.40. The summed E-state index contributed by atoms with van der Waals surface area (Å²) in [5.74, 6) is 0.502. The number of nitriles is 1. The molecule has 0 bridgehead atoms. The molecule has 3 rings (SSSR count). The van der Waals surface area contributed by atoms with Crippen LogP contribution in [0.3, 0.4) is 0 Å². The molecule has 0 aliphatic rings. The topological polar surface area (TPSA) is 75.5 Å². The lowest BCUT2D eigenvalue weighted by molar-refractivity contribution is 0.148. The van der Waals surface area contributed by atoms with Gasteiger partial charge in [-0.2, -0.15) is 5.26 Å². The van der Waals surface area contributed by atoms with Crippen LogP contribution in [0.4, 0.5) is 10.5 Å². The molecular formula is C21H19N3O3. The number of carbonyl (C=O) groups excluding carboxylic acids is 1. The van der Waals surface area contributed by atoms with E-state index < -0.39 is 6.09 Å². The molecule has 0 radical (unpaired) electrons. The van der Waals surface area contributed by atoms with Crippen LogP contribution in [-0.2, 0) is 11.3 Å². The van der Waals surface area contributed by atoms with Gasteiger partial charge in [-0.15, -0.1) is 0 Å². The summed E-state index contributed by atoms with van der Waals surface area (Å²) in [6.07, 6.45) is 1.03. The highest BCUT2D eigenvalue weighted by molar-refractivity contribution is 5.95. The van der Waals surface area contributed by atoms with E-state index in [9.17, 15) is 10.1 Å². The number of fused-ring (bicyclic) bond motifs is 1. The Bertz CT molecular complexity index is 1030. The lowest BCUT2D eigenvalue weighted by Crippen LogP contribution is -2.27. The summed E-state index contributed by atoms with van der Waals surface area (Å²) in [6.45, 7) is 2.04. The Labute approximate surface area is 157 Å². The van der Waals surface area contributed by atoms with Gasteiger partial charge in [-0.25, -0.2) is 4.79 Å². The highest BCUT2D eigenvalue weighted by Crippen LogP contribution is 2.34. The fourth-order valence-corrected chi connectivity index (χ4v) is 2.79. The zero-order valence-electron chi connectivity index (χ0n) is 15.4. The number of methoxy groups -OCH3 is 1. The Morgan fingerprint density at radius 1 is 1.26 bits per heavy atom. The normalized spacial score (nSPS) is 10.3. The highest BCUT2D eigenvalue weighted by atomic mass is 16.6. The number of carbonyl (C=O) groups is 1. The number of aromatic nitrogens is 1. The number of rotatable bonds is 4. The summed E-state index contributed by atoms with van der Waals surface area (Å²) in [4.78, 5) is 18.2. The molecule has 0 N–H and O–H groups in total. The van der Waals surface area contributed by atoms with Gasteiger partial charge in [0.2, 0.25) is 0 Å². The first-order chi connectivity index (χ1) is 13.0. The smallest absolute Gasteiger partial charge is 0.414 e. The number of hydrogen-bond acceptors (Lipinski definition) is 5. The van der Waals surface area contributed by atoms with Crippen molar-refractivity contribution < 1.29 is 14.3 Å². The molecule has 0 aliphatic carbocycles. The zero-order valence-corrected chi connectivity index (χ0v) is 15.4. The molecular weight excluding hydrogens is 342 g/mol. The summed E-state index contributed by atoms with van der Waals surface area (Å²) in [7, 11) is 3.15. The molecule has 1 aromatic heterocycles. The van der Waals surface area contributed by atoms with Crippen molar-refractivity contribution in [3.8, 4) is 11.8 Å². The number of amides is 1. The average molecular weight is 361 g/mol. The molecule has 3 aromatic rings. The maximum absolute atomic E-state index is 12.5. The largest absolute Gasteiger partial charge is 0.495 e. The van der Waals surface area contributed by atoms with Gasteiger partial charge < -0.3 is 9.47 Å². The van der Waals surface area contributed by atoms with Crippen LogP contribution in [0.25, 0.3) is 10.9 Å². The molecule has 0 unspecified atom stereocenters. The van der Waals surface area contributed by atoms with Crippen LogP contribution in [0.2, 0.25) is 0 Å². The Morgan fingerprint density at radius 3 is 2.67 bits per heavy atom. The fourth-order valence-electron chi connectivity index (χ4n) is 2.79. The second kappa shape index (κ2) is 7.75. The van der Waals surface area contributed by atoms with Crippen molar-refractivity contribution in [1.82, 2.24) is 4.98 Å². The first-order valence-corrected chi connectivity index (χ1v) is 8.37. The standard InChI is InChI=1S/C21H19N3O3/c1-14-16(11-22)12-23-18-10-19(20(26-3)9-17(14)18)24(2)21(25)27-13-15-7-5-4-6-8-15/h4-10,12H,13H2,1-3H3. The molecule has 0 saturated heterocycles. The van der Waals surface area contributed by atoms with Gasteiger partial charge in [0.05, 0.1) is 23.9 Å². The van der Waals surface area contributed by atoms with Gasteiger partial charge in [0, 0.05) is 18.6 Å². The van der Waals surface area contributed by atoms with Crippen molar-refractivity contribution in [3.05, 3.63) is 65.4 Å². The molecule has 0 spiro atoms. The van der Waals surface area contributed by atoms with E-state index in [0.717, 1.165) is 16.5 Å². The van der Waals surface area contributed by atoms with E-state index in [1.807, 2.05) is 37.3 Å². The SMILES string of the molecule is COc1cc2c(C)c(C#N)cnc2cc1N(C)C(=O)OCc1ccccc1. The minimum absolute atomic E-state index is 0.183. The van der Waals surface area contributed by atoms with Crippen LogP contribution >= 0.6 is 0 Å². The molecule has 0 atom stereocenters. The van der Waals surface area contributed by atoms with Crippen LogP contribution in [0.5, 0.6) is 5.75 Å². The highest BCUT2D eigenvalue weighted by Gasteiger charge is 2.19. The fraction of sp³-hybridized carbons (Fsp3) is 0.190. The number of nitrogens with zero attached hydrogens (tertiary/aromatic N) is 3. The summed E-state index contributed by atoms with van der Waals surface area (Å²) in [6, 6.07) is 15.1. The molecule has 6 heteroatoms. The monoisotopic (exact) mass is 361 g/mol. The molecule has 27 heavy (non-hydrogen) atoms. The molecule has 0 saturated carbocycles. The second-order valence-electron chi connectivity index (χ2n) is 6.05. The number of hydrogen-bond donors (Lipinski definition) is 0. The molecule has 0 aliphatic heterocycles. The molecule has 6 nitrogen and oxygen atoms in total. The van der Waals surface area contributed by atoms with Gasteiger partial charge in [-0.05, 0) is 30.2 Å². The van der Waals surface area contributed by atoms with E-state index in [1.165, 1.54) is 18.2 Å². The third-order valence-corrected chi connectivity index (χ3v) is 4.40. The molecule has 1 heterocycles. The van der Waals surface area contributed by atoms with Crippen molar-refractivity contribution in [2.45, 2.75) is 13.5 Å². The van der Waals surface area contributed by atoms with E-state index in [2.05, 4.69) is 11.1 Å². The quantitative estimate of drug-likeness (QED) is 0.696. The summed E-state index contributed by atoms with van der Waals surface area (Å²) in [5.41, 5.74) is 3.45. The molecule has 136 valence electrons. The van der Waals surface area contributed by atoms with E-state index in [4.69, 9.17) is 9.47 Å². The second-order valence-corrected chi connectivity index (χ2v) is 6.05. The van der Waals surface area contributed by atoms with Gasteiger partial charge >= 0.3 is 6.09 Å². The average Bonchev–Trinajstić information content (AvgIpc) is 2.71. The molecule has 1 amide bonds. The van der Waals surface area contributed by atoms with Crippen molar-refractivity contribution in [3.63, 3.8) is 0 Å². The summed E-state index contributed by atoms with van der Waals surface area (Å²) in [5, 5.41) is 9.99. The van der Waals surface area contributed by atoms with Gasteiger partial charge in [0.25, 0.3) is 0 Å². The maximum atomic E-state index is 12.5. The lowest BCUT2D eigenvalue weighted by Gasteiger charge is -2.20. The Hall–Kier alpha value is -3.59. The van der Waals surface area contributed by atoms with Gasteiger partial charge in [-0.3, -0.25) is 9.88 Å². The van der Waals surface area contributed by atoms with E-state index >= 15 is 0 Å². The van der Waals surface area contributed by atoms with Crippen LogP contribution in [0, 0.1) is 18.3 Å². The Balaban J connectivity index is 1.90. The summed E-state index contributed by atoms with van der Waals surface area (Å²) >= 11 is 0. The van der Waals surface area contributed by atoms with Crippen LogP contribution in [0.1, 0.15) is 16.7 Å². The number of anilines is 1. The van der Waals surface area contributed by atoms with Gasteiger partial charge in [0.15, 0.2) is 0 Å². The number of pyridine rings is 1. The van der Waals surface area contributed by atoms with Crippen molar-refractivity contribution in [2.24, 2.45) is 0 Å². The number of aryl methyl sites for hydroxylation is 1. The number of benzene rings is 2. The molecule has 2 aromatic carbocycles. The predicted octanol–water partition coefficient (Wildman–Crippen LogP) is 4.20. The zero-order chi connectivity index (χ0) is 19.4. The van der Waals surface area contributed by atoms with Gasteiger partial charge in [-0.1, -0.05) is 30.3 Å². The van der Waals surface area contributed by atoms with E-state index in [0.29, 0.717) is 22.5 Å². The minimum atomic E-state index is -0.498. The van der Waals surface area contributed by atoms with Crippen LogP contribution < -0.4 is 9.64 Å². The summed E-state index contributed by atoms with van der Waals surface area (Å²) < 4.78 is 10.8. The number of ether oxygens (including phenoxy) is 2. The molecule has 0 fully saturated rings. The Kier molecular flexibility index (Phi) is 5.23. The maximum Gasteiger partial charge on any atom is 0.414 e. The Morgan fingerprint density at radius 2 is 2.00 bits per heavy atom.